The van der Waals surface area contributed by atoms with E-state index >= 15 is 0 Å². The van der Waals surface area contributed by atoms with Crippen LogP contribution in [-0.2, 0) is 0 Å². The van der Waals surface area contributed by atoms with Crippen molar-refractivity contribution in [3.8, 4) is 27.6 Å². The maximum atomic E-state index is 9.99. The molecule has 3 aromatic rings. The van der Waals surface area contributed by atoms with Crippen molar-refractivity contribution < 1.29 is 9.84 Å². The van der Waals surface area contributed by atoms with Crippen molar-refractivity contribution in [2.45, 2.75) is 11.4 Å². The quantitative estimate of drug-likeness (QED) is 0.490. The number of ether oxygens (including phenoxy) is 1. The molecule has 1 N–H and O–H groups in total. The second kappa shape index (κ2) is 9.85. The van der Waals surface area contributed by atoms with Gasteiger partial charge in [0, 0.05) is 0 Å². The average Bonchev–Trinajstić information content (AvgIpc) is 2.71. The zero-order valence-corrected chi connectivity index (χ0v) is 16.1. The molecule has 0 saturated carbocycles. The third kappa shape index (κ3) is 5.79. The Morgan fingerprint density at radius 1 is 0.808 bits per heavy atom. The normalized spacial score (nSPS) is 11.3. The van der Waals surface area contributed by atoms with Gasteiger partial charge in [-0.05, 0) is 0 Å². The minimum absolute atomic E-state index is 0.0670. The monoisotopic (exact) mass is 408 g/mol. The first-order chi connectivity index (χ1) is 12.8. The zero-order valence-electron chi connectivity index (χ0n) is 14.3. The van der Waals surface area contributed by atoms with Crippen molar-refractivity contribution in [3.63, 3.8) is 0 Å². The number of hydrogen-bond donors (Lipinski definition) is 1. The van der Waals surface area contributed by atoms with E-state index in [1.165, 1.54) is 11.1 Å². The van der Waals surface area contributed by atoms with Gasteiger partial charge in [-0.2, -0.15) is 0 Å². The molecular formula is C23H20O2Se. The zero-order chi connectivity index (χ0) is 18.0. The molecule has 3 aromatic carbocycles. The Hall–Kier alpha value is -2.50. The molecule has 130 valence electrons. The van der Waals surface area contributed by atoms with Crippen LogP contribution >= 0.6 is 0 Å². The van der Waals surface area contributed by atoms with E-state index in [2.05, 4.69) is 35.0 Å². The number of aliphatic hydroxyl groups excluding tert-OH is 1. The van der Waals surface area contributed by atoms with Crippen LogP contribution in [0.1, 0.15) is 5.56 Å². The molecule has 0 radical (unpaired) electrons. The van der Waals surface area contributed by atoms with Crippen LogP contribution in [0.15, 0.2) is 84.9 Å². The summed E-state index contributed by atoms with van der Waals surface area (Å²) in [5.74, 6) is 3.96. The Morgan fingerprint density at radius 2 is 1.42 bits per heavy atom. The molecule has 0 aliphatic rings. The Balaban J connectivity index is 1.44. The van der Waals surface area contributed by atoms with Gasteiger partial charge < -0.3 is 0 Å². The molecule has 0 aliphatic heterocycles. The molecule has 0 bridgehead atoms. The van der Waals surface area contributed by atoms with Gasteiger partial charge in [0.15, 0.2) is 0 Å². The number of hydrogen-bond acceptors (Lipinski definition) is 2. The summed E-state index contributed by atoms with van der Waals surface area (Å²) in [6.07, 6.45) is -0.482. The fourth-order valence-electron chi connectivity index (χ4n) is 2.37. The Morgan fingerprint density at radius 3 is 2.12 bits per heavy atom. The Bertz CT molecular complexity index is 849. The molecule has 0 aromatic heterocycles. The summed E-state index contributed by atoms with van der Waals surface area (Å²) < 4.78 is 5.55. The summed E-state index contributed by atoms with van der Waals surface area (Å²) in [4.78, 5) is 3.19. The Labute approximate surface area is 161 Å². The number of aliphatic hydroxyl groups is 1. The topological polar surface area (TPSA) is 29.5 Å². The summed E-state index contributed by atoms with van der Waals surface area (Å²) in [5.41, 5.74) is 3.40. The number of rotatable bonds is 6. The maximum absolute atomic E-state index is 9.99. The van der Waals surface area contributed by atoms with Crippen LogP contribution in [0.4, 0.5) is 0 Å². The van der Waals surface area contributed by atoms with Crippen molar-refractivity contribution >= 4 is 15.0 Å². The summed E-state index contributed by atoms with van der Waals surface area (Å²) in [5, 5.41) is 10.7. The fourth-order valence-corrected chi connectivity index (χ4v) is 3.55. The molecule has 0 amide bonds. The van der Waals surface area contributed by atoms with Crippen LogP contribution in [0.25, 0.3) is 11.1 Å². The van der Waals surface area contributed by atoms with Crippen molar-refractivity contribution in [3.05, 3.63) is 90.5 Å². The summed E-state index contributed by atoms with van der Waals surface area (Å²) in [7, 11) is 0. The van der Waals surface area contributed by atoms with E-state index in [1.807, 2.05) is 60.7 Å². The SMILES string of the molecule is OC(COc1ccccc1)C[Se]C#Cc1ccc(-c2ccccc2)cc1. The first kappa shape index (κ1) is 18.3. The van der Waals surface area contributed by atoms with Crippen LogP contribution in [0, 0.1) is 10.7 Å². The van der Waals surface area contributed by atoms with E-state index in [0.29, 0.717) is 11.9 Å². The van der Waals surface area contributed by atoms with Gasteiger partial charge in [-0.3, -0.25) is 0 Å². The molecule has 0 spiro atoms. The fraction of sp³-hybridized carbons (Fsp3) is 0.130. The molecular weight excluding hydrogens is 387 g/mol. The molecule has 3 heteroatoms. The van der Waals surface area contributed by atoms with E-state index < -0.39 is 6.10 Å². The second-order valence-electron chi connectivity index (χ2n) is 5.76. The molecule has 26 heavy (non-hydrogen) atoms. The van der Waals surface area contributed by atoms with Gasteiger partial charge in [0.05, 0.1) is 0 Å². The van der Waals surface area contributed by atoms with Crippen LogP contribution < -0.4 is 4.74 Å². The van der Waals surface area contributed by atoms with Gasteiger partial charge in [0.1, 0.15) is 0 Å². The number of benzene rings is 3. The average molecular weight is 407 g/mol. The second-order valence-corrected chi connectivity index (χ2v) is 7.49. The van der Waals surface area contributed by atoms with Gasteiger partial charge in [0.25, 0.3) is 0 Å². The molecule has 0 fully saturated rings. The summed E-state index contributed by atoms with van der Waals surface area (Å²) in [6.45, 7) is 0.305. The van der Waals surface area contributed by atoms with Gasteiger partial charge in [0.2, 0.25) is 0 Å². The van der Waals surface area contributed by atoms with Gasteiger partial charge >= 0.3 is 161 Å². The molecule has 0 saturated heterocycles. The van der Waals surface area contributed by atoms with Gasteiger partial charge in [-0.1, -0.05) is 0 Å². The standard InChI is InChI=1S/C23H20O2Se/c24-22(17-25-23-9-5-2-6-10-23)18-26-16-15-19-11-13-21(14-12-19)20-7-3-1-4-8-20/h1-14,22,24H,17-18H2. The first-order valence-electron chi connectivity index (χ1n) is 8.45. The van der Waals surface area contributed by atoms with Crippen LogP contribution in [0.5, 0.6) is 5.75 Å². The van der Waals surface area contributed by atoms with Crippen LogP contribution in [-0.4, -0.2) is 32.8 Å². The molecule has 0 aliphatic carbocycles. The van der Waals surface area contributed by atoms with E-state index in [-0.39, 0.29) is 15.0 Å². The summed E-state index contributed by atoms with van der Waals surface area (Å²) >= 11 is 0.0670. The molecule has 1 unspecified atom stereocenters. The van der Waals surface area contributed by atoms with Gasteiger partial charge in [-0.15, -0.1) is 0 Å². The number of para-hydroxylation sites is 1. The third-order valence-electron chi connectivity index (χ3n) is 3.72. The van der Waals surface area contributed by atoms with E-state index in [9.17, 15) is 5.11 Å². The van der Waals surface area contributed by atoms with Crippen molar-refractivity contribution in [1.82, 2.24) is 0 Å². The van der Waals surface area contributed by atoms with Crippen LogP contribution in [0.3, 0.4) is 0 Å². The molecule has 1 atom stereocenters. The van der Waals surface area contributed by atoms with Gasteiger partial charge in [-0.25, -0.2) is 0 Å². The van der Waals surface area contributed by atoms with Crippen molar-refractivity contribution in [1.29, 1.82) is 0 Å². The third-order valence-corrected chi connectivity index (χ3v) is 5.39. The first-order valence-corrected chi connectivity index (χ1v) is 10.5. The minimum atomic E-state index is -0.482. The molecule has 2 nitrogen and oxygen atoms in total. The summed E-state index contributed by atoms with van der Waals surface area (Å²) in [6, 6.07) is 28.1. The van der Waals surface area contributed by atoms with Crippen LogP contribution in [0.2, 0.25) is 5.32 Å². The van der Waals surface area contributed by atoms with Crippen molar-refractivity contribution in [2.75, 3.05) is 6.61 Å². The van der Waals surface area contributed by atoms with E-state index in [0.717, 1.165) is 11.3 Å². The predicted octanol–water partition coefficient (Wildman–Crippen LogP) is 4.23. The Kier molecular flexibility index (Phi) is 6.93. The molecule has 0 heterocycles. The predicted molar refractivity (Wildman–Crippen MR) is 107 cm³/mol. The molecule has 3 rings (SSSR count). The van der Waals surface area contributed by atoms with E-state index in [4.69, 9.17) is 4.74 Å². The van der Waals surface area contributed by atoms with E-state index in [1.54, 1.807) is 0 Å². The van der Waals surface area contributed by atoms with Crippen molar-refractivity contribution in [2.24, 2.45) is 0 Å².